The fraction of sp³-hybridized carbons (Fsp3) is 0.455. The molecule has 102 valence electrons. The quantitative estimate of drug-likeness (QED) is 0.921. The topological polar surface area (TPSA) is 83.4 Å². The molecular weight excluding hydrogens is 293 g/mol. The average molecular weight is 304 g/mol. The van der Waals surface area contributed by atoms with Gasteiger partial charge in [0.05, 0.1) is 12.0 Å². The Morgan fingerprint density at radius 2 is 2.16 bits per heavy atom. The zero-order valence-electron chi connectivity index (χ0n) is 9.84. The number of hydrogen-bond acceptors (Lipinski definition) is 4. The summed E-state index contributed by atoms with van der Waals surface area (Å²) in [6.07, 6.45) is 1.37. The minimum absolute atomic E-state index is 0.0321. The van der Waals surface area contributed by atoms with Gasteiger partial charge in [0, 0.05) is 12.6 Å². The number of carboxylic acid groups (broad SMARTS) is 1. The first-order valence-corrected chi connectivity index (χ1v) is 6.46. The lowest BCUT2D eigenvalue weighted by Gasteiger charge is -2.23. The van der Waals surface area contributed by atoms with E-state index in [-0.39, 0.29) is 34.2 Å². The van der Waals surface area contributed by atoms with E-state index in [9.17, 15) is 9.59 Å². The zero-order chi connectivity index (χ0) is 14.0. The SMILES string of the molecule is O=C(O)CC1CCCN1C(=O)c1cc(Cl)nnc1Cl. The minimum Gasteiger partial charge on any atom is -0.481 e. The Morgan fingerprint density at radius 1 is 1.42 bits per heavy atom. The van der Waals surface area contributed by atoms with Crippen LogP contribution in [0, 0.1) is 0 Å². The maximum atomic E-state index is 12.3. The van der Waals surface area contributed by atoms with Crippen molar-refractivity contribution in [3.05, 3.63) is 21.9 Å². The van der Waals surface area contributed by atoms with E-state index in [2.05, 4.69) is 10.2 Å². The highest BCUT2D eigenvalue weighted by Gasteiger charge is 2.32. The van der Waals surface area contributed by atoms with Gasteiger partial charge in [-0.2, -0.15) is 0 Å². The Balaban J connectivity index is 2.23. The Hall–Kier alpha value is -1.40. The summed E-state index contributed by atoms with van der Waals surface area (Å²) in [6, 6.07) is 1.03. The van der Waals surface area contributed by atoms with E-state index >= 15 is 0 Å². The smallest absolute Gasteiger partial charge is 0.305 e. The van der Waals surface area contributed by atoms with Crippen molar-refractivity contribution < 1.29 is 14.7 Å². The number of amides is 1. The van der Waals surface area contributed by atoms with Crippen molar-refractivity contribution in [3.63, 3.8) is 0 Å². The number of carboxylic acids is 1. The van der Waals surface area contributed by atoms with E-state index in [4.69, 9.17) is 28.3 Å². The molecule has 1 unspecified atom stereocenters. The average Bonchev–Trinajstić information content (AvgIpc) is 2.78. The van der Waals surface area contributed by atoms with Crippen LogP contribution in [0.3, 0.4) is 0 Å². The fourth-order valence-electron chi connectivity index (χ4n) is 2.17. The van der Waals surface area contributed by atoms with Gasteiger partial charge in [0.25, 0.3) is 5.91 Å². The summed E-state index contributed by atoms with van der Waals surface area (Å²) >= 11 is 11.5. The normalized spacial score (nSPS) is 18.6. The van der Waals surface area contributed by atoms with E-state index in [1.807, 2.05) is 0 Å². The summed E-state index contributed by atoms with van der Waals surface area (Å²) in [5.74, 6) is -1.28. The Morgan fingerprint density at radius 3 is 2.84 bits per heavy atom. The molecule has 0 radical (unpaired) electrons. The van der Waals surface area contributed by atoms with E-state index in [1.54, 1.807) is 0 Å². The second kappa shape index (κ2) is 5.71. The number of carbonyl (C=O) groups is 2. The van der Waals surface area contributed by atoms with Crippen LogP contribution >= 0.6 is 23.2 Å². The van der Waals surface area contributed by atoms with Crippen molar-refractivity contribution in [1.29, 1.82) is 0 Å². The van der Waals surface area contributed by atoms with Gasteiger partial charge in [-0.05, 0) is 18.9 Å². The van der Waals surface area contributed by atoms with Gasteiger partial charge in [-0.15, -0.1) is 10.2 Å². The van der Waals surface area contributed by atoms with Crippen molar-refractivity contribution in [3.8, 4) is 0 Å². The summed E-state index contributed by atoms with van der Waals surface area (Å²) in [5, 5.41) is 16.0. The molecule has 1 aromatic rings. The van der Waals surface area contributed by atoms with Gasteiger partial charge < -0.3 is 10.0 Å². The van der Waals surface area contributed by atoms with Crippen LogP contribution in [-0.4, -0.2) is 44.7 Å². The molecule has 1 aliphatic rings. The van der Waals surface area contributed by atoms with E-state index in [0.717, 1.165) is 6.42 Å². The zero-order valence-corrected chi connectivity index (χ0v) is 11.4. The molecule has 1 saturated heterocycles. The van der Waals surface area contributed by atoms with Crippen LogP contribution in [0.25, 0.3) is 0 Å². The lowest BCUT2D eigenvalue weighted by Crippen LogP contribution is -2.37. The third-order valence-electron chi connectivity index (χ3n) is 3.00. The second-order valence-electron chi connectivity index (χ2n) is 4.26. The molecule has 6 nitrogen and oxygen atoms in total. The summed E-state index contributed by atoms with van der Waals surface area (Å²) in [6.45, 7) is 0.507. The number of hydrogen-bond donors (Lipinski definition) is 1. The van der Waals surface area contributed by atoms with Gasteiger partial charge in [0.1, 0.15) is 0 Å². The van der Waals surface area contributed by atoms with Gasteiger partial charge in [-0.25, -0.2) is 0 Å². The van der Waals surface area contributed by atoms with Crippen molar-refractivity contribution in [2.24, 2.45) is 0 Å². The minimum atomic E-state index is -0.929. The van der Waals surface area contributed by atoms with Crippen molar-refractivity contribution in [2.75, 3.05) is 6.54 Å². The molecule has 19 heavy (non-hydrogen) atoms. The molecule has 0 bridgehead atoms. The maximum Gasteiger partial charge on any atom is 0.305 e. The first-order chi connectivity index (χ1) is 8.99. The van der Waals surface area contributed by atoms with Crippen LogP contribution in [-0.2, 0) is 4.79 Å². The van der Waals surface area contributed by atoms with Gasteiger partial charge in [-0.3, -0.25) is 9.59 Å². The summed E-state index contributed by atoms with van der Waals surface area (Å²) in [5.41, 5.74) is 0.152. The van der Waals surface area contributed by atoms with Crippen LogP contribution < -0.4 is 0 Å². The molecule has 1 amide bonds. The fourth-order valence-corrected chi connectivity index (χ4v) is 2.49. The lowest BCUT2D eigenvalue weighted by molar-refractivity contribution is -0.137. The monoisotopic (exact) mass is 303 g/mol. The largest absolute Gasteiger partial charge is 0.481 e. The molecule has 0 spiro atoms. The number of aromatic nitrogens is 2. The maximum absolute atomic E-state index is 12.3. The highest BCUT2D eigenvalue weighted by molar-refractivity contribution is 6.34. The highest BCUT2D eigenvalue weighted by atomic mass is 35.5. The molecule has 1 N–H and O–H groups in total. The van der Waals surface area contributed by atoms with E-state index in [1.165, 1.54) is 11.0 Å². The second-order valence-corrected chi connectivity index (χ2v) is 5.01. The lowest BCUT2D eigenvalue weighted by atomic mass is 10.1. The molecule has 8 heteroatoms. The highest BCUT2D eigenvalue weighted by Crippen LogP contribution is 2.25. The third-order valence-corrected chi connectivity index (χ3v) is 3.46. The molecular formula is C11H11Cl2N3O3. The van der Waals surface area contributed by atoms with Crippen LogP contribution in [0.4, 0.5) is 0 Å². The molecule has 0 aliphatic carbocycles. The molecule has 2 heterocycles. The molecule has 2 rings (SSSR count). The summed E-state index contributed by atoms with van der Waals surface area (Å²) < 4.78 is 0. The number of rotatable bonds is 3. The molecule has 1 fully saturated rings. The number of likely N-dealkylation sites (tertiary alicyclic amines) is 1. The Bertz CT molecular complexity index is 524. The Labute approximate surface area is 119 Å². The third kappa shape index (κ3) is 3.13. The van der Waals surface area contributed by atoms with Gasteiger partial charge in [0.15, 0.2) is 10.3 Å². The van der Waals surface area contributed by atoms with Crippen molar-refractivity contribution >= 4 is 35.1 Å². The molecule has 0 aromatic carbocycles. The number of nitrogens with zero attached hydrogens (tertiary/aromatic N) is 3. The van der Waals surface area contributed by atoms with Crippen LogP contribution in [0.5, 0.6) is 0 Å². The Kier molecular flexibility index (Phi) is 4.21. The van der Waals surface area contributed by atoms with Gasteiger partial charge in [-0.1, -0.05) is 23.2 Å². The van der Waals surface area contributed by atoms with Crippen molar-refractivity contribution in [1.82, 2.24) is 15.1 Å². The number of carbonyl (C=O) groups excluding carboxylic acids is 1. The number of halogens is 2. The van der Waals surface area contributed by atoms with Crippen LogP contribution in [0.1, 0.15) is 29.6 Å². The standard InChI is InChI=1S/C11H11Cl2N3O3/c12-8-5-7(10(13)15-14-8)11(19)16-3-1-2-6(16)4-9(17)18/h5-6H,1-4H2,(H,17,18). The first kappa shape index (κ1) is 14.0. The molecule has 1 atom stereocenters. The summed E-state index contributed by atoms with van der Waals surface area (Å²) in [7, 11) is 0. The van der Waals surface area contributed by atoms with Gasteiger partial charge in [0.2, 0.25) is 0 Å². The van der Waals surface area contributed by atoms with E-state index < -0.39 is 5.97 Å². The van der Waals surface area contributed by atoms with Gasteiger partial charge >= 0.3 is 5.97 Å². The first-order valence-electron chi connectivity index (χ1n) is 5.70. The molecule has 1 aliphatic heterocycles. The van der Waals surface area contributed by atoms with E-state index in [0.29, 0.717) is 13.0 Å². The predicted molar refractivity (Wildman–Crippen MR) is 68.4 cm³/mol. The van der Waals surface area contributed by atoms with Crippen molar-refractivity contribution in [2.45, 2.75) is 25.3 Å². The molecule has 0 saturated carbocycles. The van der Waals surface area contributed by atoms with Crippen LogP contribution in [0.2, 0.25) is 10.3 Å². The summed E-state index contributed by atoms with van der Waals surface area (Å²) in [4.78, 5) is 24.6. The molecule has 1 aromatic heterocycles. The predicted octanol–water partition coefficient (Wildman–Crippen LogP) is 1.86. The number of aliphatic carboxylic acids is 1. The van der Waals surface area contributed by atoms with Crippen LogP contribution in [0.15, 0.2) is 6.07 Å².